The Morgan fingerprint density at radius 2 is 1.38 bits per heavy atom. The number of amides is 1. The van der Waals surface area contributed by atoms with E-state index in [1.54, 1.807) is 4.90 Å². The summed E-state index contributed by atoms with van der Waals surface area (Å²) in [6, 6.07) is 14.9. The van der Waals surface area contributed by atoms with Crippen molar-refractivity contribution in [1.82, 2.24) is 4.90 Å². The van der Waals surface area contributed by atoms with E-state index in [0.29, 0.717) is 12.8 Å². The van der Waals surface area contributed by atoms with Gasteiger partial charge in [0.1, 0.15) is 6.61 Å². The van der Waals surface area contributed by atoms with Crippen molar-refractivity contribution in [3.63, 3.8) is 0 Å². The van der Waals surface area contributed by atoms with Crippen molar-refractivity contribution < 1.29 is 31.5 Å². The summed E-state index contributed by atoms with van der Waals surface area (Å²) >= 11 is 0. The van der Waals surface area contributed by atoms with E-state index < -0.39 is 52.8 Å². The van der Waals surface area contributed by atoms with Gasteiger partial charge in [-0.1, -0.05) is 54.6 Å². The highest BCUT2D eigenvalue weighted by atomic mass is 19.2. The first kappa shape index (κ1) is 23.7. The van der Waals surface area contributed by atoms with Crippen LogP contribution >= 0.6 is 0 Å². The quantitative estimate of drug-likeness (QED) is 0.209. The molecule has 2 atom stereocenters. The molecule has 3 aromatic carbocycles. The molecule has 8 heteroatoms. The first-order valence-electron chi connectivity index (χ1n) is 12.2. The lowest BCUT2D eigenvalue weighted by molar-refractivity contribution is 0.0538. The van der Waals surface area contributed by atoms with Gasteiger partial charge in [0.15, 0.2) is 23.3 Å². The molecule has 1 fully saturated rings. The average molecular weight is 511 g/mol. The Morgan fingerprint density at radius 3 is 1.97 bits per heavy atom. The Balaban J connectivity index is 1.26. The third-order valence-corrected chi connectivity index (χ3v) is 7.71. The monoisotopic (exact) mass is 511 g/mol. The highest BCUT2D eigenvalue weighted by Crippen LogP contribution is 2.45. The van der Waals surface area contributed by atoms with Gasteiger partial charge in [-0.25, -0.2) is 26.7 Å². The zero-order valence-corrected chi connectivity index (χ0v) is 19.6. The van der Waals surface area contributed by atoms with E-state index in [2.05, 4.69) is 0 Å². The molecule has 0 N–H and O–H groups in total. The third kappa shape index (κ3) is 3.72. The molecule has 3 aliphatic rings. The van der Waals surface area contributed by atoms with E-state index in [1.807, 2.05) is 48.5 Å². The number of piperidine rings is 1. The number of carbonyl (C=O) groups is 1. The van der Waals surface area contributed by atoms with Crippen molar-refractivity contribution in [2.45, 2.75) is 43.7 Å². The van der Waals surface area contributed by atoms with Gasteiger partial charge in [-0.15, -0.1) is 0 Å². The molecule has 2 aliphatic heterocycles. The van der Waals surface area contributed by atoms with Crippen LogP contribution in [0.15, 0.2) is 54.6 Å². The van der Waals surface area contributed by atoms with Crippen molar-refractivity contribution in [1.29, 1.82) is 0 Å². The molecule has 37 heavy (non-hydrogen) atoms. The number of halogens is 5. The maximum atomic E-state index is 14.5. The van der Waals surface area contributed by atoms with E-state index in [9.17, 15) is 26.7 Å². The molecule has 0 aromatic heterocycles. The minimum atomic E-state index is -2.18. The topological polar surface area (TPSA) is 29.5 Å². The standard InChI is InChI=1S/C29H22F5NO2/c30-24-23(25(31)27(33)28(34)26(24)32)15-12-16-6-5-7-17(13-15)35(16)29(36)37-14-22-20-10-3-1-8-18(20)19-9-2-4-11-21(19)22/h1-4,8-12,16-17,22H,5-7,13-14H2. The summed E-state index contributed by atoms with van der Waals surface area (Å²) in [5.41, 5.74) is 3.45. The predicted octanol–water partition coefficient (Wildman–Crippen LogP) is 7.34. The molecule has 0 spiro atoms. The molecule has 190 valence electrons. The van der Waals surface area contributed by atoms with Crippen LogP contribution in [-0.4, -0.2) is 29.7 Å². The molecule has 2 unspecified atom stereocenters. The maximum absolute atomic E-state index is 14.5. The van der Waals surface area contributed by atoms with Crippen LogP contribution in [0.1, 0.15) is 48.3 Å². The molecule has 6 rings (SSSR count). The van der Waals surface area contributed by atoms with Gasteiger partial charge in [0.05, 0.1) is 11.6 Å². The Bertz CT molecular complexity index is 1380. The highest BCUT2D eigenvalue weighted by molar-refractivity contribution is 5.79. The number of ether oxygens (including phenoxy) is 1. The van der Waals surface area contributed by atoms with Gasteiger partial charge in [-0.3, -0.25) is 4.90 Å². The molecule has 1 saturated heterocycles. The second-order valence-corrected chi connectivity index (χ2v) is 9.70. The van der Waals surface area contributed by atoms with Gasteiger partial charge in [-0.05, 0) is 53.5 Å². The SMILES string of the molecule is O=C(OCC1c2ccccc2-c2ccccc21)N1C2C=C(c3c(F)c(F)c(F)c(F)c3F)CC1CCC2. The average Bonchev–Trinajstić information content (AvgIpc) is 3.22. The molecule has 0 saturated carbocycles. The normalized spacial score (nSPS) is 20.4. The van der Waals surface area contributed by atoms with E-state index in [4.69, 9.17) is 4.74 Å². The summed E-state index contributed by atoms with van der Waals surface area (Å²) < 4.78 is 76.0. The highest BCUT2D eigenvalue weighted by Gasteiger charge is 2.41. The van der Waals surface area contributed by atoms with E-state index in [1.165, 1.54) is 6.08 Å². The van der Waals surface area contributed by atoms with Crippen LogP contribution in [0.5, 0.6) is 0 Å². The lowest BCUT2D eigenvalue weighted by Gasteiger charge is -2.44. The molecule has 0 radical (unpaired) electrons. The van der Waals surface area contributed by atoms with E-state index >= 15 is 0 Å². The molecular weight excluding hydrogens is 489 g/mol. The van der Waals surface area contributed by atoms with Crippen molar-refractivity contribution in [3.05, 3.63) is 100 Å². The second-order valence-electron chi connectivity index (χ2n) is 9.70. The molecule has 1 amide bonds. The minimum Gasteiger partial charge on any atom is -0.448 e. The van der Waals surface area contributed by atoms with Crippen molar-refractivity contribution in [2.75, 3.05) is 6.61 Å². The van der Waals surface area contributed by atoms with E-state index in [0.717, 1.165) is 28.7 Å². The molecular formula is C29H22F5NO2. The zero-order valence-electron chi connectivity index (χ0n) is 19.6. The van der Waals surface area contributed by atoms with Crippen LogP contribution in [0.4, 0.5) is 26.7 Å². The number of carbonyl (C=O) groups excluding carboxylic acids is 1. The maximum Gasteiger partial charge on any atom is 0.410 e. The van der Waals surface area contributed by atoms with Gasteiger partial charge < -0.3 is 4.74 Å². The van der Waals surface area contributed by atoms with Gasteiger partial charge in [0.25, 0.3) is 0 Å². The van der Waals surface area contributed by atoms with Crippen molar-refractivity contribution >= 4 is 11.7 Å². The summed E-state index contributed by atoms with van der Waals surface area (Å²) in [5.74, 6) is -9.96. The summed E-state index contributed by atoms with van der Waals surface area (Å²) in [5, 5.41) is 0. The van der Waals surface area contributed by atoms with Crippen molar-refractivity contribution in [2.24, 2.45) is 0 Å². The molecule has 3 aromatic rings. The number of nitrogens with zero attached hydrogens (tertiary/aromatic N) is 1. The van der Waals surface area contributed by atoms with Gasteiger partial charge in [0, 0.05) is 12.0 Å². The molecule has 2 bridgehead atoms. The lowest BCUT2D eigenvalue weighted by Crippen LogP contribution is -2.52. The molecule has 2 heterocycles. The fraction of sp³-hybridized carbons (Fsp3) is 0.276. The summed E-state index contributed by atoms with van der Waals surface area (Å²) in [4.78, 5) is 14.8. The number of fused-ring (bicyclic) bond motifs is 5. The Kier molecular flexibility index (Phi) is 5.77. The molecule has 3 nitrogen and oxygen atoms in total. The number of benzene rings is 3. The van der Waals surface area contributed by atoms with Gasteiger partial charge in [-0.2, -0.15) is 0 Å². The largest absolute Gasteiger partial charge is 0.448 e. The fourth-order valence-electron chi connectivity index (χ4n) is 6.05. The predicted molar refractivity (Wildman–Crippen MR) is 127 cm³/mol. The van der Waals surface area contributed by atoms with Crippen LogP contribution in [0, 0.1) is 29.1 Å². The lowest BCUT2D eigenvalue weighted by atomic mass is 9.82. The Labute approximate surface area is 210 Å². The zero-order chi connectivity index (χ0) is 25.8. The van der Waals surface area contributed by atoms with Crippen LogP contribution in [0.3, 0.4) is 0 Å². The Hall–Kier alpha value is -3.68. The van der Waals surface area contributed by atoms with Crippen LogP contribution in [-0.2, 0) is 4.74 Å². The summed E-state index contributed by atoms with van der Waals surface area (Å²) in [6.07, 6.45) is 2.66. The molecule has 1 aliphatic carbocycles. The number of hydrogen-bond acceptors (Lipinski definition) is 2. The van der Waals surface area contributed by atoms with Gasteiger partial charge >= 0.3 is 6.09 Å². The van der Waals surface area contributed by atoms with Crippen LogP contribution in [0.2, 0.25) is 0 Å². The second kappa shape index (κ2) is 9.01. The number of rotatable bonds is 3. The Morgan fingerprint density at radius 1 is 0.811 bits per heavy atom. The summed E-state index contributed by atoms with van der Waals surface area (Å²) in [7, 11) is 0. The van der Waals surface area contributed by atoms with E-state index in [-0.39, 0.29) is 24.5 Å². The van der Waals surface area contributed by atoms with Gasteiger partial charge in [0.2, 0.25) is 5.82 Å². The van der Waals surface area contributed by atoms with Crippen molar-refractivity contribution in [3.8, 4) is 11.1 Å². The fourth-order valence-corrected chi connectivity index (χ4v) is 6.05. The minimum absolute atomic E-state index is 0.0187. The van der Waals surface area contributed by atoms with Crippen LogP contribution in [0.25, 0.3) is 16.7 Å². The number of hydrogen-bond donors (Lipinski definition) is 0. The smallest absolute Gasteiger partial charge is 0.410 e. The van der Waals surface area contributed by atoms with Crippen LogP contribution < -0.4 is 0 Å². The third-order valence-electron chi connectivity index (χ3n) is 7.71. The first-order valence-corrected chi connectivity index (χ1v) is 12.2. The summed E-state index contributed by atoms with van der Waals surface area (Å²) in [6.45, 7) is 0.122. The first-order chi connectivity index (χ1) is 17.9.